The normalized spacial score (nSPS) is 14.5. The maximum absolute atomic E-state index is 5.46. The van der Waals surface area contributed by atoms with E-state index in [-0.39, 0.29) is 0 Å². The summed E-state index contributed by atoms with van der Waals surface area (Å²) in [6, 6.07) is 21.0. The molecule has 0 saturated carbocycles. The highest BCUT2D eigenvalue weighted by Crippen LogP contribution is 2.47. The largest absolute Gasteiger partial charge is 0.497 e. The van der Waals surface area contributed by atoms with Crippen molar-refractivity contribution < 1.29 is 9.30 Å². The first-order valence-corrected chi connectivity index (χ1v) is 13.6. The fourth-order valence-corrected chi connectivity index (χ4v) is 6.67. The SMILES string of the molecule is CCN1/C(=C/C=C\c2n(-c3ccccc3)c3ccc4nnsc4c3[n+]2CC)Sc2ccc(OC)cc21. The van der Waals surface area contributed by atoms with Crippen LogP contribution in [-0.4, -0.2) is 27.8 Å². The van der Waals surface area contributed by atoms with Gasteiger partial charge in [0.1, 0.15) is 21.7 Å². The van der Waals surface area contributed by atoms with Crippen LogP contribution < -0.4 is 14.2 Å². The highest BCUT2D eigenvalue weighted by Gasteiger charge is 2.27. The molecule has 0 saturated heterocycles. The van der Waals surface area contributed by atoms with Crippen molar-refractivity contribution in [2.75, 3.05) is 18.6 Å². The zero-order valence-corrected chi connectivity index (χ0v) is 22.0. The zero-order chi connectivity index (χ0) is 24.6. The van der Waals surface area contributed by atoms with Gasteiger partial charge >= 0.3 is 0 Å². The van der Waals surface area contributed by atoms with E-state index in [0.29, 0.717) is 0 Å². The van der Waals surface area contributed by atoms with E-state index in [1.54, 1.807) is 18.9 Å². The number of benzene rings is 3. The van der Waals surface area contributed by atoms with E-state index in [2.05, 4.69) is 110 Å². The number of methoxy groups -OCH3 is 1. The molecule has 0 fully saturated rings. The Hall–Kier alpha value is -3.62. The molecule has 5 aromatic rings. The number of para-hydroxylation sites is 1. The molecule has 0 N–H and O–H groups in total. The first-order chi connectivity index (χ1) is 17.7. The number of ether oxygens (including phenoxy) is 1. The molecule has 1 aliphatic heterocycles. The lowest BCUT2D eigenvalue weighted by molar-refractivity contribution is -0.669. The topological polar surface area (TPSA) is 47.1 Å². The molecule has 0 unspecified atom stereocenters. The molecule has 8 heteroatoms. The van der Waals surface area contributed by atoms with E-state index in [9.17, 15) is 0 Å². The predicted octanol–water partition coefficient (Wildman–Crippen LogP) is 6.44. The third-order valence-corrected chi connectivity index (χ3v) is 8.33. The Morgan fingerprint density at radius 1 is 1.06 bits per heavy atom. The first kappa shape index (κ1) is 22.8. The number of imidazole rings is 1. The smallest absolute Gasteiger partial charge is 0.287 e. The maximum Gasteiger partial charge on any atom is 0.287 e. The van der Waals surface area contributed by atoms with E-state index in [4.69, 9.17) is 4.74 Å². The van der Waals surface area contributed by atoms with Crippen LogP contribution in [0.5, 0.6) is 5.75 Å². The summed E-state index contributed by atoms with van der Waals surface area (Å²) in [4.78, 5) is 3.58. The molecule has 36 heavy (non-hydrogen) atoms. The van der Waals surface area contributed by atoms with Gasteiger partial charge in [0.05, 0.1) is 24.4 Å². The van der Waals surface area contributed by atoms with Crippen LogP contribution in [0.3, 0.4) is 0 Å². The van der Waals surface area contributed by atoms with E-state index in [1.807, 2.05) is 6.07 Å². The van der Waals surface area contributed by atoms with E-state index >= 15 is 0 Å². The number of hydrogen-bond donors (Lipinski definition) is 0. The number of rotatable bonds is 6. The van der Waals surface area contributed by atoms with Gasteiger partial charge in [0.2, 0.25) is 0 Å². The Balaban J connectivity index is 1.48. The van der Waals surface area contributed by atoms with Gasteiger partial charge in [-0.25, -0.2) is 4.57 Å². The third kappa shape index (κ3) is 3.68. The van der Waals surface area contributed by atoms with Crippen LogP contribution in [0.1, 0.15) is 19.7 Å². The van der Waals surface area contributed by atoms with Crippen molar-refractivity contribution in [3.63, 3.8) is 0 Å². The van der Waals surface area contributed by atoms with Crippen molar-refractivity contribution in [2.45, 2.75) is 25.3 Å². The van der Waals surface area contributed by atoms with E-state index in [0.717, 1.165) is 46.1 Å². The Kier molecular flexibility index (Phi) is 5.99. The second kappa shape index (κ2) is 9.44. The number of anilines is 1. The minimum Gasteiger partial charge on any atom is -0.497 e. The standard InChI is InChI=1S/C28H26N5OS2/c1-4-31-23-18-20(34-3)14-17-24(23)35-26(31)13-9-12-25-32(5-2)27-22(16-15-21-28(27)36-30-29-21)33(25)19-10-7-6-8-11-19/h6-18H,4-5H2,1-3H3/q+1. The summed E-state index contributed by atoms with van der Waals surface area (Å²) in [6.45, 7) is 6.10. The van der Waals surface area contributed by atoms with Crippen molar-refractivity contribution in [3.05, 3.63) is 83.7 Å². The van der Waals surface area contributed by atoms with Crippen LogP contribution in [0, 0.1) is 0 Å². The third-order valence-electron chi connectivity index (χ3n) is 6.45. The average molecular weight is 513 g/mol. The molecule has 0 spiro atoms. The molecular weight excluding hydrogens is 486 g/mol. The molecule has 1 aliphatic rings. The molecule has 0 amide bonds. The first-order valence-electron chi connectivity index (χ1n) is 12.0. The number of thioether (sulfide) groups is 1. The summed E-state index contributed by atoms with van der Waals surface area (Å²) in [5.74, 6) is 1.99. The molecule has 0 bridgehead atoms. The quantitative estimate of drug-likeness (QED) is 0.245. The fraction of sp³-hybridized carbons (Fsp3) is 0.179. The number of allylic oxidation sites excluding steroid dienone is 2. The Morgan fingerprint density at radius 2 is 1.92 bits per heavy atom. The van der Waals surface area contributed by atoms with E-state index < -0.39 is 0 Å². The van der Waals surface area contributed by atoms with Gasteiger partial charge in [-0.15, -0.1) is 5.10 Å². The highest BCUT2D eigenvalue weighted by molar-refractivity contribution is 8.03. The lowest BCUT2D eigenvalue weighted by Gasteiger charge is -2.18. The summed E-state index contributed by atoms with van der Waals surface area (Å²) < 4.78 is 15.5. The minimum absolute atomic E-state index is 0.838. The molecule has 0 radical (unpaired) electrons. The molecular formula is C28H26N5OS2+. The van der Waals surface area contributed by atoms with Crippen molar-refractivity contribution in [1.29, 1.82) is 0 Å². The second-order valence-electron chi connectivity index (χ2n) is 8.37. The fourth-order valence-electron chi connectivity index (χ4n) is 4.83. The highest BCUT2D eigenvalue weighted by atomic mass is 32.2. The van der Waals surface area contributed by atoms with Crippen LogP contribution in [0.2, 0.25) is 0 Å². The monoisotopic (exact) mass is 512 g/mol. The molecule has 0 aliphatic carbocycles. The van der Waals surface area contributed by atoms with Gasteiger partial charge in [-0.3, -0.25) is 0 Å². The van der Waals surface area contributed by atoms with Gasteiger partial charge in [0.25, 0.3) is 5.82 Å². The van der Waals surface area contributed by atoms with Crippen LogP contribution in [0.15, 0.2) is 82.7 Å². The van der Waals surface area contributed by atoms with Crippen molar-refractivity contribution in [1.82, 2.24) is 14.2 Å². The number of aromatic nitrogens is 4. The van der Waals surface area contributed by atoms with Crippen molar-refractivity contribution in [2.24, 2.45) is 0 Å². The van der Waals surface area contributed by atoms with Crippen LogP contribution in [0.4, 0.5) is 5.69 Å². The minimum atomic E-state index is 0.838. The average Bonchev–Trinajstić information content (AvgIpc) is 3.61. The van der Waals surface area contributed by atoms with Gasteiger partial charge in [-0.1, -0.05) is 40.5 Å². The maximum atomic E-state index is 5.46. The van der Waals surface area contributed by atoms with Crippen molar-refractivity contribution in [3.8, 4) is 11.4 Å². The molecule has 6 nitrogen and oxygen atoms in total. The lowest BCUT2D eigenvalue weighted by atomic mass is 10.2. The molecule has 3 aromatic carbocycles. The summed E-state index contributed by atoms with van der Waals surface area (Å²) in [5.41, 5.74) is 5.59. The molecule has 0 atom stereocenters. The molecule has 180 valence electrons. The van der Waals surface area contributed by atoms with E-state index in [1.165, 1.54) is 32.7 Å². The van der Waals surface area contributed by atoms with Gasteiger partial charge in [-0.05, 0) is 67.9 Å². The number of nitrogens with zero attached hydrogens (tertiary/aromatic N) is 5. The van der Waals surface area contributed by atoms with Gasteiger partial charge in [-0.2, -0.15) is 4.57 Å². The van der Waals surface area contributed by atoms with Crippen LogP contribution in [-0.2, 0) is 6.54 Å². The second-order valence-corrected chi connectivity index (χ2v) is 10.2. The lowest BCUT2D eigenvalue weighted by Crippen LogP contribution is -2.35. The summed E-state index contributed by atoms with van der Waals surface area (Å²) >= 11 is 3.25. The van der Waals surface area contributed by atoms with Crippen LogP contribution in [0.25, 0.3) is 33.0 Å². The van der Waals surface area contributed by atoms with Crippen LogP contribution >= 0.6 is 23.3 Å². The predicted molar refractivity (Wildman–Crippen MR) is 149 cm³/mol. The number of fused-ring (bicyclic) bond motifs is 4. The van der Waals surface area contributed by atoms with Crippen molar-refractivity contribution >= 4 is 56.3 Å². The van der Waals surface area contributed by atoms with Gasteiger partial charge in [0, 0.05) is 23.6 Å². The number of hydrogen-bond acceptors (Lipinski definition) is 6. The van der Waals surface area contributed by atoms with Gasteiger partial charge < -0.3 is 9.64 Å². The molecule has 6 rings (SSSR count). The Labute approximate surface area is 218 Å². The number of aryl methyl sites for hydroxylation is 1. The Morgan fingerprint density at radius 3 is 2.69 bits per heavy atom. The van der Waals surface area contributed by atoms with Gasteiger partial charge in [0.15, 0.2) is 11.0 Å². The summed E-state index contributed by atoms with van der Waals surface area (Å²) in [7, 11) is 1.71. The molecule has 3 heterocycles. The summed E-state index contributed by atoms with van der Waals surface area (Å²) in [5, 5.41) is 5.53. The summed E-state index contributed by atoms with van der Waals surface area (Å²) in [6.07, 6.45) is 6.58. The Bertz CT molecular complexity index is 1630. The zero-order valence-electron chi connectivity index (χ0n) is 20.4. The molecule has 2 aromatic heterocycles.